The second-order valence-electron chi connectivity index (χ2n) is 9.61. The first kappa shape index (κ1) is 27.6. The lowest BCUT2D eigenvalue weighted by molar-refractivity contribution is 0.0953. The van der Waals surface area contributed by atoms with Crippen LogP contribution in [-0.2, 0) is 22.9 Å². The predicted molar refractivity (Wildman–Crippen MR) is 155 cm³/mol. The number of hydrogen-bond donors (Lipinski definition) is 3. The number of carbonyl (C=O) groups is 1. The third-order valence-corrected chi connectivity index (χ3v) is 8.23. The molecule has 6 nitrogen and oxygen atoms in total. The molecule has 3 N–H and O–H groups in total. The molecule has 0 spiro atoms. The highest BCUT2D eigenvalue weighted by Gasteiger charge is 2.17. The number of benzene rings is 3. The summed E-state index contributed by atoms with van der Waals surface area (Å²) < 4.78 is 28.7. The molecule has 0 bridgehead atoms. The van der Waals surface area contributed by atoms with Crippen molar-refractivity contribution in [2.24, 2.45) is 0 Å². The van der Waals surface area contributed by atoms with Crippen LogP contribution in [0.5, 0.6) is 0 Å². The number of aryl methyl sites for hydroxylation is 1. The number of nitrogens with one attached hydrogen (secondary N) is 3. The zero-order chi connectivity index (χ0) is 27.0. The van der Waals surface area contributed by atoms with Crippen molar-refractivity contribution in [1.29, 1.82) is 0 Å². The highest BCUT2D eigenvalue weighted by molar-refractivity contribution is 7.89. The first-order valence-electron chi connectivity index (χ1n) is 13.5. The van der Waals surface area contributed by atoms with E-state index >= 15 is 0 Å². The summed E-state index contributed by atoms with van der Waals surface area (Å²) in [6.45, 7) is 5.11. The lowest BCUT2D eigenvalue weighted by Crippen LogP contribution is -2.26. The number of hydrogen-bond acceptors (Lipinski definition) is 3. The van der Waals surface area contributed by atoms with Crippen molar-refractivity contribution in [3.05, 3.63) is 89.5 Å². The maximum atomic E-state index is 13.0. The number of fused-ring (bicyclic) bond motifs is 1. The van der Waals surface area contributed by atoms with Crippen molar-refractivity contribution in [3.8, 4) is 11.3 Å². The van der Waals surface area contributed by atoms with Crippen molar-refractivity contribution in [3.63, 3.8) is 0 Å². The zero-order valence-corrected chi connectivity index (χ0v) is 23.0. The lowest BCUT2D eigenvalue weighted by Gasteiger charge is -2.10. The Balaban J connectivity index is 1.49. The van der Waals surface area contributed by atoms with E-state index in [4.69, 9.17) is 0 Å². The van der Waals surface area contributed by atoms with E-state index in [1.54, 1.807) is 12.1 Å². The Bertz CT molecular complexity index is 1460. The molecule has 0 aliphatic carbocycles. The summed E-state index contributed by atoms with van der Waals surface area (Å²) in [6, 6.07) is 22.7. The average molecular weight is 532 g/mol. The molecule has 1 heterocycles. The molecule has 4 aromatic rings. The molecule has 38 heavy (non-hydrogen) atoms. The van der Waals surface area contributed by atoms with Crippen molar-refractivity contribution in [2.75, 3.05) is 13.1 Å². The van der Waals surface area contributed by atoms with Gasteiger partial charge in [0.25, 0.3) is 5.91 Å². The molecule has 0 aliphatic heterocycles. The van der Waals surface area contributed by atoms with Gasteiger partial charge in [0.15, 0.2) is 0 Å². The minimum Gasteiger partial charge on any atom is -0.354 e. The Labute approximate surface area is 225 Å². The largest absolute Gasteiger partial charge is 0.354 e. The van der Waals surface area contributed by atoms with Crippen molar-refractivity contribution in [1.82, 2.24) is 15.0 Å². The van der Waals surface area contributed by atoms with Crippen LogP contribution in [0.1, 0.15) is 61.0 Å². The van der Waals surface area contributed by atoms with Gasteiger partial charge in [0, 0.05) is 35.2 Å². The number of aromatic nitrogens is 1. The normalized spacial score (nSPS) is 11.6. The first-order chi connectivity index (χ1) is 18.4. The number of H-pyrrole nitrogens is 1. The van der Waals surface area contributed by atoms with Gasteiger partial charge in [0.05, 0.1) is 4.90 Å². The molecule has 1 amide bonds. The molecule has 0 fully saturated rings. The fourth-order valence-electron chi connectivity index (χ4n) is 4.64. The van der Waals surface area contributed by atoms with Gasteiger partial charge in [-0.3, -0.25) is 4.79 Å². The predicted octanol–water partition coefficient (Wildman–Crippen LogP) is 6.23. The molecule has 4 rings (SSSR count). The van der Waals surface area contributed by atoms with E-state index in [1.807, 2.05) is 67.6 Å². The number of rotatable bonds is 13. The maximum Gasteiger partial charge on any atom is 0.251 e. The minimum absolute atomic E-state index is 0.0846. The SMILES string of the molecule is CCCCCc1ccc(S(=O)(=O)NCCc2c(-c3ccc(C(=O)NCCC)cc3)[nH]c3ccccc23)cc1. The summed E-state index contributed by atoms with van der Waals surface area (Å²) in [5, 5.41) is 3.96. The summed E-state index contributed by atoms with van der Waals surface area (Å²) >= 11 is 0. The molecule has 0 saturated heterocycles. The number of para-hydroxylation sites is 1. The van der Waals surface area contributed by atoms with Gasteiger partial charge in [0.2, 0.25) is 10.0 Å². The van der Waals surface area contributed by atoms with Crippen LogP contribution < -0.4 is 10.0 Å². The van der Waals surface area contributed by atoms with Crippen LogP contribution in [0.4, 0.5) is 0 Å². The fraction of sp³-hybridized carbons (Fsp3) is 0.323. The monoisotopic (exact) mass is 531 g/mol. The van der Waals surface area contributed by atoms with Gasteiger partial charge in [-0.15, -0.1) is 0 Å². The van der Waals surface area contributed by atoms with Gasteiger partial charge in [0.1, 0.15) is 0 Å². The Hall–Kier alpha value is -3.42. The standard InChI is InChI=1S/C31H37N3O3S/c1-3-5-6-9-23-12-18-26(19-13-23)38(36,37)33-22-20-28-27-10-7-8-11-29(27)34-30(28)24-14-16-25(17-15-24)31(35)32-21-4-2/h7-8,10-19,33-34H,3-6,9,20-22H2,1-2H3,(H,32,35). The van der Waals surface area contributed by atoms with E-state index < -0.39 is 10.0 Å². The van der Waals surface area contributed by atoms with E-state index in [0.717, 1.165) is 59.0 Å². The topological polar surface area (TPSA) is 91.1 Å². The quantitative estimate of drug-likeness (QED) is 0.179. The van der Waals surface area contributed by atoms with E-state index in [2.05, 4.69) is 21.9 Å². The summed E-state index contributed by atoms with van der Waals surface area (Å²) in [7, 11) is -3.61. The average Bonchev–Trinajstić information content (AvgIpc) is 3.30. The number of carbonyl (C=O) groups excluding carboxylic acids is 1. The number of amides is 1. The summed E-state index contributed by atoms with van der Waals surface area (Å²) in [4.78, 5) is 16.1. The van der Waals surface area contributed by atoms with E-state index in [9.17, 15) is 13.2 Å². The third-order valence-electron chi connectivity index (χ3n) is 6.75. The highest BCUT2D eigenvalue weighted by Crippen LogP contribution is 2.31. The lowest BCUT2D eigenvalue weighted by atomic mass is 10.0. The molecule has 0 aliphatic rings. The molecule has 0 atom stereocenters. The van der Waals surface area contributed by atoms with E-state index in [1.165, 1.54) is 6.42 Å². The van der Waals surface area contributed by atoms with Crippen LogP contribution in [0.3, 0.4) is 0 Å². The van der Waals surface area contributed by atoms with Gasteiger partial charge >= 0.3 is 0 Å². The Morgan fingerprint density at radius 2 is 1.55 bits per heavy atom. The van der Waals surface area contributed by atoms with Crippen LogP contribution in [0, 0.1) is 0 Å². The van der Waals surface area contributed by atoms with Gasteiger partial charge in [-0.05, 0) is 72.7 Å². The van der Waals surface area contributed by atoms with E-state index in [0.29, 0.717) is 18.5 Å². The zero-order valence-electron chi connectivity index (χ0n) is 22.2. The van der Waals surface area contributed by atoms with Gasteiger partial charge in [-0.2, -0.15) is 0 Å². The Kier molecular flexibility index (Phi) is 9.37. The van der Waals surface area contributed by atoms with Gasteiger partial charge < -0.3 is 10.3 Å². The highest BCUT2D eigenvalue weighted by atomic mass is 32.2. The molecule has 0 radical (unpaired) electrons. The molecule has 3 aromatic carbocycles. The summed E-state index contributed by atoms with van der Waals surface area (Å²) in [5.41, 5.74) is 5.69. The molecular weight excluding hydrogens is 494 g/mol. The van der Waals surface area contributed by atoms with Crippen LogP contribution >= 0.6 is 0 Å². The Morgan fingerprint density at radius 1 is 0.816 bits per heavy atom. The van der Waals surface area contributed by atoms with Crippen molar-refractivity contribution < 1.29 is 13.2 Å². The maximum absolute atomic E-state index is 13.0. The van der Waals surface area contributed by atoms with Crippen LogP contribution in [-0.4, -0.2) is 32.4 Å². The third kappa shape index (κ3) is 6.71. The van der Waals surface area contributed by atoms with Gasteiger partial charge in [-0.1, -0.05) is 69.2 Å². The second kappa shape index (κ2) is 12.9. The molecule has 0 saturated carbocycles. The first-order valence-corrected chi connectivity index (χ1v) is 15.0. The number of aromatic amines is 1. The van der Waals surface area contributed by atoms with E-state index in [-0.39, 0.29) is 17.3 Å². The molecule has 200 valence electrons. The fourth-order valence-corrected chi connectivity index (χ4v) is 5.67. The molecular formula is C31H37N3O3S. The second-order valence-corrected chi connectivity index (χ2v) is 11.4. The van der Waals surface area contributed by atoms with Crippen LogP contribution in [0.15, 0.2) is 77.7 Å². The molecule has 1 aromatic heterocycles. The van der Waals surface area contributed by atoms with Gasteiger partial charge in [-0.25, -0.2) is 13.1 Å². The van der Waals surface area contributed by atoms with Crippen LogP contribution in [0.2, 0.25) is 0 Å². The molecule has 0 unspecified atom stereocenters. The minimum atomic E-state index is -3.61. The number of sulfonamides is 1. The summed E-state index contributed by atoms with van der Waals surface area (Å²) in [6.07, 6.45) is 5.83. The smallest absolute Gasteiger partial charge is 0.251 e. The van der Waals surface area contributed by atoms with Crippen LogP contribution in [0.25, 0.3) is 22.2 Å². The van der Waals surface area contributed by atoms with Crippen molar-refractivity contribution >= 4 is 26.8 Å². The molecule has 7 heteroatoms. The summed E-state index contributed by atoms with van der Waals surface area (Å²) in [5.74, 6) is -0.0846. The van der Waals surface area contributed by atoms with Crippen molar-refractivity contribution in [2.45, 2.75) is 57.3 Å². The Morgan fingerprint density at radius 3 is 2.26 bits per heavy atom. The number of unbranched alkanes of at least 4 members (excludes halogenated alkanes) is 2.